The van der Waals surface area contributed by atoms with Crippen LogP contribution in [0.4, 0.5) is 5.95 Å². The van der Waals surface area contributed by atoms with Crippen molar-refractivity contribution in [3.05, 3.63) is 71.5 Å². The smallest absolute Gasteiger partial charge is 0.338 e. The Morgan fingerprint density at radius 2 is 2.11 bits per heavy atom. The summed E-state index contributed by atoms with van der Waals surface area (Å²) >= 11 is 0. The van der Waals surface area contributed by atoms with E-state index in [0.717, 1.165) is 11.4 Å². The first-order chi connectivity index (χ1) is 13.5. The lowest BCUT2D eigenvalue weighted by atomic mass is 9.91. The molecule has 142 valence electrons. The molecule has 0 amide bonds. The van der Waals surface area contributed by atoms with Crippen molar-refractivity contribution < 1.29 is 9.53 Å². The highest BCUT2D eigenvalue weighted by Gasteiger charge is 2.45. The molecule has 0 spiro atoms. The summed E-state index contributed by atoms with van der Waals surface area (Å²) in [4.78, 5) is 32.2. The molecule has 2 aliphatic heterocycles. The normalized spacial score (nSPS) is 20.4. The van der Waals surface area contributed by atoms with Crippen molar-refractivity contribution in [2.45, 2.75) is 19.4 Å². The number of esters is 1. The number of hydrogen-bond donors (Lipinski definition) is 1. The second kappa shape index (κ2) is 6.88. The molecule has 2 aromatic rings. The lowest BCUT2D eigenvalue weighted by Crippen LogP contribution is -2.35. The van der Waals surface area contributed by atoms with Crippen LogP contribution in [0.1, 0.15) is 24.0 Å². The first-order valence-electron chi connectivity index (χ1n) is 8.98. The fourth-order valence-electron chi connectivity index (χ4n) is 3.35. The second-order valence-electron chi connectivity index (χ2n) is 6.56. The van der Waals surface area contributed by atoms with Crippen LogP contribution >= 0.6 is 0 Å². The van der Waals surface area contributed by atoms with Gasteiger partial charge in [-0.2, -0.15) is 0 Å². The molecule has 8 heteroatoms. The number of aliphatic imine (C=N–C) groups is 1. The molecule has 0 aromatic carbocycles. The summed E-state index contributed by atoms with van der Waals surface area (Å²) in [5, 5.41) is 0. The van der Waals surface area contributed by atoms with Crippen LogP contribution in [0.15, 0.2) is 59.4 Å². The number of aryl methyl sites for hydroxylation is 1. The fraction of sp³-hybridized carbons (Fsp3) is 0.250. The minimum absolute atomic E-state index is 0.174. The molecule has 0 radical (unpaired) electrons. The highest BCUT2D eigenvalue weighted by Crippen LogP contribution is 2.38. The van der Waals surface area contributed by atoms with Crippen LogP contribution in [-0.4, -0.2) is 44.8 Å². The van der Waals surface area contributed by atoms with Gasteiger partial charge in [0.15, 0.2) is 5.54 Å². The van der Waals surface area contributed by atoms with Crippen LogP contribution in [0.3, 0.4) is 0 Å². The van der Waals surface area contributed by atoms with Gasteiger partial charge in [-0.1, -0.05) is 6.07 Å². The number of carbonyl (C=O) groups excluding carboxylic acids is 1. The lowest BCUT2D eigenvalue weighted by Gasteiger charge is -2.26. The molecule has 2 aromatic heterocycles. The molecule has 2 N–H and O–H groups in total. The van der Waals surface area contributed by atoms with Crippen molar-refractivity contribution in [2.24, 2.45) is 4.99 Å². The van der Waals surface area contributed by atoms with Gasteiger partial charge in [-0.15, -0.1) is 0 Å². The van der Waals surface area contributed by atoms with E-state index in [1.54, 1.807) is 31.3 Å². The number of ether oxygens (including phenoxy) is 1. The summed E-state index contributed by atoms with van der Waals surface area (Å²) in [6.07, 6.45) is 6.89. The van der Waals surface area contributed by atoms with Crippen molar-refractivity contribution >= 4 is 17.8 Å². The van der Waals surface area contributed by atoms with E-state index in [1.165, 1.54) is 0 Å². The van der Waals surface area contributed by atoms with Gasteiger partial charge in [-0.3, -0.25) is 4.98 Å². The Morgan fingerprint density at radius 3 is 2.86 bits per heavy atom. The monoisotopic (exact) mass is 376 g/mol. The largest absolute Gasteiger partial charge is 0.462 e. The molecular formula is C20H20N6O2. The lowest BCUT2D eigenvalue weighted by molar-refractivity contribution is -0.138. The first-order valence-corrected chi connectivity index (χ1v) is 8.98. The number of amidine groups is 1. The summed E-state index contributed by atoms with van der Waals surface area (Å²) in [6, 6.07) is 7.59. The van der Waals surface area contributed by atoms with Gasteiger partial charge in [0.05, 0.1) is 30.1 Å². The Labute approximate surface area is 162 Å². The third-order valence-corrected chi connectivity index (χ3v) is 4.64. The topological polar surface area (TPSA) is 107 Å². The average molecular weight is 376 g/mol. The van der Waals surface area contributed by atoms with E-state index in [1.807, 2.05) is 36.2 Å². The molecule has 4 rings (SSSR count). The minimum atomic E-state index is -0.858. The summed E-state index contributed by atoms with van der Waals surface area (Å²) in [5.74, 6) is 0.442. The summed E-state index contributed by atoms with van der Waals surface area (Å²) < 4.78 is 5.10. The standard InChI is InChI=1S/C20H20N6O2/c1-3-28-18(27)14-8-10-26-12-20(25-17(26)11-14,15-6-4-5-13(2)23-15)16-7-9-22-19(21)24-16/h4-11H,3,12H2,1-2H3,(H2,21,22,24). The van der Waals surface area contributed by atoms with Crippen LogP contribution in [-0.2, 0) is 15.1 Å². The van der Waals surface area contributed by atoms with Gasteiger partial charge in [-0.05, 0) is 44.2 Å². The third kappa shape index (κ3) is 3.02. The van der Waals surface area contributed by atoms with Crippen LogP contribution in [0.25, 0.3) is 0 Å². The number of rotatable bonds is 4. The van der Waals surface area contributed by atoms with Crippen LogP contribution in [0.5, 0.6) is 0 Å². The molecule has 28 heavy (non-hydrogen) atoms. The number of fused-ring (bicyclic) bond motifs is 1. The number of aromatic nitrogens is 3. The predicted molar refractivity (Wildman–Crippen MR) is 104 cm³/mol. The van der Waals surface area contributed by atoms with Crippen molar-refractivity contribution in [2.75, 3.05) is 18.9 Å². The molecule has 0 saturated heterocycles. The molecule has 8 nitrogen and oxygen atoms in total. The minimum Gasteiger partial charge on any atom is -0.462 e. The van der Waals surface area contributed by atoms with Gasteiger partial charge >= 0.3 is 5.97 Å². The number of hydrogen-bond acceptors (Lipinski definition) is 8. The highest BCUT2D eigenvalue weighted by molar-refractivity contribution is 6.05. The molecule has 0 bridgehead atoms. The van der Waals surface area contributed by atoms with E-state index < -0.39 is 5.54 Å². The molecule has 4 heterocycles. The molecule has 0 aliphatic carbocycles. The van der Waals surface area contributed by atoms with E-state index in [9.17, 15) is 4.79 Å². The van der Waals surface area contributed by atoms with E-state index in [0.29, 0.717) is 30.3 Å². The maximum atomic E-state index is 12.1. The summed E-state index contributed by atoms with van der Waals surface area (Å²) in [5.41, 5.74) is 7.72. The van der Waals surface area contributed by atoms with Crippen molar-refractivity contribution in [3.8, 4) is 0 Å². The zero-order valence-electron chi connectivity index (χ0n) is 15.7. The number of nitrogens with two attached hydrogens (primary N) is 1. The van der Waals surface area contributed by atoms with E-state index in [2.05, 4.69) is 9.97 Å². The summed E-state index contributed by atoms with van der Waals surface area (Å²) in [6.45, 7) is 4.51. The Hall–Kier alpha value is -3.55. The summed E-state index contributed by atoms with van der Waals surface area (Å²) in [7, 11) is 0. The van der Waals surface area contributed by atoms with E-state index in [4.69, 9.17) is 20.4 Å². The number of nitrogen functional groups attached to an aromatic ring is 1. The van der Waals surface area contributed by atoms with Crippen molar-refractivity contribution in [1.29, 1.82) is 0 Å². The SMILES string of the molecule is CCOC(=O)C1=CC2=NC(c3cccc(C)n3)(c3ccnc(N)n3)CN2C=C1. The third-order valence-electron chi connectivity index (χ3n) is 4.64. The van der Waals surface area contributed by atoms with Gasteiger partial charge < -0.3 is 15.4 Å². The van der Waals surface area contributed by atoms with Gasteiger partial charge in [-0.25, -0.2) is 19.8 Å². The zero-order valence-corrected chi connectivity index (χ0v) is 15.7. The molecule has 1 unspecified atom stereocenters. The van der Waals surface area contributed by atoms with Crippen LogP contribution < -0.4 is 5.73 Å². The predicted octanol–water partition coefficient (Wildman–Crippen LogP) is 1.74. The first kappa shape index (κ1) is 17.8. The molecule has 1 atom stereocenters. The van der Waals surface area contributed by atoms with E-state index >= 15 is 0 Å². The maximum Gasteiger partial charge on any atom is 0.338 e. The van der Waals surface area contributed by atoms with Crippen LogP contribution in [0, 0.1) is 6.92 Å². The average Bonchev–Trinajstić information content (AvgIpc) is 3.08. The van der Waals surface area contributed by atoms with Gasteiger partial charge in [0, 0.05) is 18.1 Å². The van der Waals surface area contributed by atoms with E-state index in [-0.39, 0.29) is 11.9 Å². The second-order valence-corrected chi connectivity index (χ2v) is 6.56. The highest BCUT2D eigenvalue weighted by atomic mass is 16.5. The quantitative estimate of drug-likeness (QED) is 0.810. The van der Waals surface area contributed by atoms with Gasteiger partial charge in [0.1, 0.15) is 5.84 Å². The van der Waals surface area contributed by atoms with Crippen LogP contribution in [0.2, 0.25) is 0 Å². The Morgan fingerprint density at radius 1 is 1.29 bits per heavy atom. The number of carbonyl (C=O) groups is 1. The Balaban J connectivity index is 1.85. The fourth-order valence-corrected chi connectivity index (χ4v) is 3.35. The van der Waals surface area contributed by atoms with Crippen molar-refractivity contribution in [3.63, 3.8) is 0 Å². The van der Waals surface area contributed by atoms with Gasteiger partial charge in [0.25, 0.3) is 0 Å². The maximum absolute atomic E-state index is 12.1. The Bertz CT molecular complexity index is 981. The molecule has 0 fully saturated rings. The number of anilines is 1. The number of nitrogens with zero attached hydrogens (tertiary/aromatic N) is 5. The Kier molecular flexibility index (Phi) is 4.38. The molecular weight excluding hydrogens is 356 g/mol. The van der Waals surface area contributed by atoms with Crippen molar-refractivity contribution in [1.82, 2.24) is 19.9 Å². The zero-order chi connectivity index (χ0) is 19.7. The molecule has 2 aliphatic rings. The van der Waals surface area contributed by atoms with Gasteiger partial charge in [0.2, 0.25) is 5.95 Å². The number of pyridine rings is 1. The molecule has 0 saturated carbocycles.